The van der Waals surface area contributed by atoms with Crippen molar-refractivity contribution in [2.24, 2.45) is 11.3 Å². The quantitative estimate of drug-likeness (QED) is 0.174. The molecule has 3 nitrogen and oxygen atoms in total. The monoisotopic (exact) mass is 703 g/mol. The number of benzene rings is 5. The van der Waals surface area contributed by atoms with Crippen LogP contribution in [0.25, 0.3) is 16.7 Å². The van der Waals surface area contributed by atoms with Crippen molar-refractivity contribution >= 4 is 34.6 Å². The third-order valence-electron chi connectivity index (χ3n) is 12.7. The Morgan fingerprint density at radius 3 is 2.37 bits per heavy atom. The first-order valence-electron chi connectivity index (χ1n) is 19.7. The van der Waals surface area contributed by atoms with Crippen molar-refractivity contribution < 1.29 is 9.47 Å². The summed E-state index contributed by atoms with van der Waals surface area (Å²) >= 11 is 0. The van der Waals surface area contributed by atoms with Gasteiger partial charge in [-0.1, -0.05) is 144 Å². The number of anilines is 2. The average Bonchev–Trinajstić information content (AvgIpc) is 3.19. The third kappa shape index (κ3) is 5.33. The van der Waals surface area contributed by atoms with Gasteiger partial charge in [0, 0.05) is 41.3 Å². The predicted molar refractivity (Wildman–Crippen MR) is 225 cm³/mol. The standard InChI is InChI=1S/C50H46BNO2/c1-6-50(5)25-24-41-47(31-50)54-46-30-37(29-45-48(46)51(41)40-23-22-36(49(2,3)4)28-44(40)53-45)52-42-20-11-10-16-35(42)27-39-38(19-13-21-43(39)52)34-18-12-17-33(26-34)32-14-8-7-9-15-32/h7-26,28-30,39,43H,6,27,31H2,1-5H3. The number of fused-ring (bicyclic) bond motifs is 5. The Morgan fingerprint density at radius 2 is 1.56 bits per heavy atom. The molecule has 4 heteroatoms. The first-order valence-corrected chi connectivity index (χ1v) is 19.7. The van der Waals surface area contributed by atoms with Crippen LogP contribution >= 0.6 is 0 Å². The van der Waals surface area contributed by atoms with Crippen molar-refractivity contribution in [3.8, 4) is 28.4 Å². The molecule has 0 amide bonds. The Labute approximate surface area is 320 Å². The zero-order valence-electron chi connectivity index (χ0n) is 31.9. The van der Waals surface area contributed by atoms with Gasteiger partial charge in [-0.3, -0.25) is 0 Å². The van der Waals surface area contributed by atoms with E-state index < -0.39 is 0 Å². The van der Waals surface area contributed by atoms with Gasteiger partial charge in [-0.05, 0) is 86.2 Å². The SMILES string of the molecule is CCC1(C)C=CC2=C(C1)Oc1cc(N3c4ccccc4CC4C(c5cccc(-c6ccccc6)c5)=CC=CC43)cc3c1B2c1ccc(C(C)(C)C)cc1O3. The van der Waals surface area contributed by atoms with Crippen LogP contribution in [0.5, 0.6) is 17.2 Å². The van der Waals surface area contributed by atoms with Crippen molar-refractivity contribution in [3.05, 3.63) is 167 Å². The summed E-state index contributed by atoms with van der Waals surface area (Å²) in [7, 11) is 0. The van der Waals surface area contributed by atoms with Crippen LogP contribution in [-0.4, -0.2) is 12.8 Å². The molecule has 0 saturated heterocycles. The fourth-order valence-electron chi connectivity index (χ4n) is 9.40. The maximum absolute atomic E-state index is 7.07. The Balaban J connectivity index is 1.11. The summed E-state index contributed by atoms with van der Waals surface area (Å²) in [6.07, 6.45) is 14.7. The lowest BCUT2D eigenvalue weighted by Crippen LogP contribution is -2.52. The fraction of sp³-hybridized carbons (Fsp3) is 0.240. The smallest absolute Gasteiger partial charge is 0.260 e. The molecule has 0 saturated carbocycles. The molecule has 3 aliphatic heterocycles. The molecule has 54 heavy (non-hydrogen) atoms. The Bertz CT molecular complexity index is 2460. The lowest BCUT2D eigenvalue weighted by molar-refractivity contribution is 0.309. The molecule has 0 bridgehead atoms. The fourth-order valence-corrected chi connectivity index (χ4v) is 9.40. The summed E-state index contributed by atoms with van der Waals surface area (Å²) in [6.45, 7) is 11.5. The van der Waals surface area contributed by atoms with E-state index in [1.165, 1.54) is 50.0 Å². The van der Waals surface area contributed by atoms with Gasteiger partial charge in [0.15, 0.2) is 0 Å². The minimum Gasteiger partial charge on any atom is -0.463 e. The lowest BCUT2D eigenvalue weighted by Gasteiger charge is -2.45. The van der Waals surface area contributed by atoms with Gasteiger partial charge in [-0.25, -0.2) is 0 Å². The van der Waals surface area contributed by atoms with E-state index in [-0.39, 0.29) is 29.5 Å². The molecule has 3 unspecified atom stereocenters. The largest absolute Gasteiger partial charge is 0.463 e. The Morgan fingerprint density at radius 1 is 0.796 bits per heavy atom. The molecule has 0 radical (unpaired) electrons. The molecule has 10 rings (SSSR count). The van der Waals surface area contributed by atoms with E-state index in [1.807, 2.05) is 0 Å². The van der Waals surface area contributed by atoms with Crippen molar-refractivity contribution in [1.29, 1.82) is 0 Å². The number of ether oxygens (including phenoxy) is 2. The first-order chi connectivity index (χ1) is 26.2. The highest BCUT2D eigenvalue weighted by molar-refractivity contribution is 6.93. The topological polar surface area (TPSA) is 21.7 Å². The number of allylic oxidation sites excluding steroid dienone is 6. The predicted octanol–water partition coefficient (Wildman–Crippen LogP) is 11.3. The van der Waals surface area contributed by atoms with Crippen LogP contribution < -0.4 is 25.3 Å². The van der Waals surface area contributed by atoms with E-state index in [4.69, 9.17) is 9.47 Å². The summed E-state index contributed by atoms with van der Waals surface area (Å²) in [5.74, 6) is 4.10. The van der Waals surface area contributed by atoms with Crippen molar-refractivity contribution in [1.82, 2.24) is 0 Å². The van der Waals surface area contributed by atoms with Gasteiger partial charge in [0.05, 0.1) is 6.04 Å². The van der Waals surface area contributed by atoms with Gasteiger partial charge in [0.1, 0.15) is 23.0 Å². The van der Waals surface area contributed by atoms with Crippen LogP contribution in [0.1, 0.15) is 64.2 Å². The van der Waals surface area contributed by atoms with E-state index in [1.54, 1.807) is 0 Å². The third-order valence-corrected chi connectivity index (χ3v) is 12.7. The minimum absolute atomic E-state index is 0.00510. The zero-order valence-corrected chi connectivity index (χ0v) is 31.9. The van der Waals surface area contributed by atoms with E-state index in [0.717, 1.165) is 53.4 Å². The number of para-hydroxylation sites is 1. The summed E-state index contributed by atoms with van der Waals surface area (Å²) < 4.78 is 14.1. The molecular weight excluding hydrogens is 657 g/mol. The number of hydrogen-bond donors (Lipinski definition) is 0. The summed E-state index contributed by atoms with van der Waals surface area (Å²) in [5.41, 5.74) is 13.8. The van der Waals surface area contributed by atoms with Crippen molar-refractivity contribution in [2.45, 2.75) is 65.3 Å². The normalized spacial score (nSPS) is 21.9. The molecule has 0 fully saturated rings. The molecule has 5 aliphatic rings. The second kappa shape index (κ2) is 12.3. The van der Waals surface area contributed by atoms with Crippen LogP contribution in [0.4, 0.5) is 11.4 Å². The number of hydrogen-bond acceptors (Lipinski definition) is 3. The van der Waals surface area contributed by atoms with Gasteiger partial charge >= 0.3 is 0 Å². The van der Waals surface area contributed by atoms with Gasteiger partial charge in [-0.2, -0.15) is 0 Å². The van der Waals surface area contributed by atoms with Gasteiger partial charge in [-0.15, -0.1) is 0 Å². The van der Waals surface area contributed by atoms with Crippen LogP contribution in [0, 0.1) is 11.3 Å². The molecule has 5 aromatic carbocycles. The average molecular weight is 704 g/mol. The highest BCUT2D eigenvalue weighted by Crippen LogP contribution is 2.50. The van der Waals surface area contributed by atoms with Crippen molar-refractivity contribution in [3.63, 3.8) is 0 Å². The number of nitrogens with zero attached hydrogens (tertiary/aromatic N) is 1. The highest BCUT2D eigenvalue weighted by atomic mass is 16.5. The minimum atomic E-state index is 0.00510. The van der Waals surface area contributed by atoms with E-state index in [0.29, 0.717) is 0 Å². The van der Waals surface area contributed by atoms with Crippen LogP contribution in [-0.2, 0) is 11.8 Å². The van der Waals surface area contributed by atoms with Crippen LogP contribution in [0.15, 0.2) is 151 Å². The maximum Gasteiger partial charge on any atom is 0.260 e. The Hall–Kier alpha value is -5.48. The summed E-state index contributed by atoms with van der Waals surface area (Å²) in [6, 6.07) is 40.3. The molecule has 2 aliphatic carbocycles. The van der Waals surface area contributed by atoms with Gasteiger partial charge in [0.25, 0.3) is 6.71 Å². The zero-order chi connectivity index (χ0) is 36.8. The van der Waals surface area contributed by atoms with Gasteiger partial charge < -0.3 is 14.4 Å². The Kier molecular flexibility index (Phi) is 7.53. The highest BCUT2D eigenvalue weighted by Gasteiger charge is 2.45. The molecule has 0 N–H and O–H groups in total. The lowest BCUT2D eigenvalue weighted by atomic mass is 9.33. The first kappa shape index (κ1) is 33.1. The van der Waals surface area contributed by atoms with Gasteiger partial charge in [0.2, 0.25) is 0 Å². The second-order valence-electron chi connectivity index (χ2n) is 17.1. The van der Waals surface area contributed by atoms with Crippen LogP contribution in [0.3, 0.4) is 0 Å². The van der Waals surface area contributed by atoms with Crippen LogP contribution in [0.2, 0.25) is 0 Å². The molecule has 3 heterocycles. The molecule has 3 atom stereocenters. The molecule has 0 spiro atoms. The molecule has 5 aromatic rings. The van der Waals surface area contributed by atoms with E-state index >= 15 is 0 Å². The maximum atomic E-state index is 7.07. The van der Waals surface area contributed by atoms with Crippen molar-refractivity contribution in [2.75, 3.05) is 4.90 Å². The summed E-state index contributed by atoms with van der Waals surface area (Å²) in [5, 5.41) is 0. The van der Waals surface area contributed by atoms with E-state index in [9.17, 15) is 0 Å². The second-order valence-corrected chi connectivity index (χ2v) is 17.1. The molecule has 0 aromatic heterocycles. The summed E-state index contributed by atoms with van der Waals surface area (Å²) in [4.78, 5) is 2.55. The number of rotatable bonds is 4. The molecule has 266 valence electrons. The molecular formula is C50H46BNO2. The van der Waals surface area contributed by atoms with E-state index in [2.05, 4.69) is 179 Å².